The number of rotatable bonds is 5. The molecule has 0 spiro atoms. The highest BCUT2D eigenvalue weighted by atomic mass is 32.1. The smallest absolute Gasteiger partial charge is 0.301 e. The number of hydrogen-bond donors (Lipinski definition) is 1. The second-order valence-electron chi connectivity index (χ2n) is 9.76. The third-order valence-electron chi connectivity index (χ3n) is 6.91. The zero-order valence-corrected chi connectivity index (χ0v) is 23.0. The molecule has 0 radical (unpaired) electrons. The third kappa shape index (κ3) is 4.20. The molecule has 2 heterocycles. The number of aryl methyl sites for hydroxylation is 3. The predicted octanol–water partition coefficient (Wildman–Crippen LogP) is 5.92. The van der Waals surface area contributed by atoms with Crippen LogP contribution in [0, 0.1) is 20.8 Å². The van der Waals surface area contributed by atoms with Gasteiger partial charge in [0, 0.05) is 25.3 Å². The van der Waals surface area contributed by atoms with Crippen molar-refractivity contribution in [1.29, 1.82) is 0 Å². The first-order valence-electron chi connectivity index (χ1n) is 12.2. The highest BCUT2D eigenvalue weighted by molar-refractivity contribution is 7.22. The van der Waals surface area contributed by atoms with Gasteiger partial charge in [-0.2, -0.15) is 0 Å². The first-order valence-corrected chi connectivity index (χ1v) is 13.0. The van der Waals surface area contributed by atoms with Gasteiger partial charge in [0.25, 0.3) is 5.78 Å². The number of nitrogens with zero attached hydrogens (tertiary/aromatic N) is 3. The minimum absolute atomic E-state index is 0.0377. The first-order chi connectivity index (χ1) is 18.1. The Morgan fingerprint density at radius 2 is 1.71 bits per heavy atom. The molecule has 7 nitrogen and oxygen atoms in total. The fraction of sp³-hybridized carbons (Fsp3) is 0.233. The van der Waals surface area contributed by atoms with Gasteiger partial charge >= 0.3 is 5.91 Å². The maximum Gasteiger partial charge on any atom is 0.301 e. The summed E-state index contributed by atoms with van der Waals surface area (Å²) in [6.07, 6.45) is 0. The standard InChI is InChI=1S/C30H29N3O4S/c1-16-7-12-22-24(13-16)38-30(31-22)33-26(19-8-10-20(11-9-19)32(4)5)25(28(35)29(33)36)27(34)21-14-18(3)23(37-6)15-17(21)2/h7-15,26,34H,1-6H3/b27-25+. The Morgan fingerprint density at radius 1 is 1.00 bits per heavy atom. The van der Waals surface area contributed by atoms with Gasteiger partial charge in [0.1, 0.15) is 11.5 Å². The van der Waals surface area contributed by atoms with Gasteiger partial charge in [-0.3, -0.25) is 14.5 Å². The quantitative estimate of drug-likeness (QED) is 0.197. The summed E-state index contributed by atoms with van der Waals surface area (Å²) in [5.41, 5.74) is 5.57. The lowest BCUT2D eigenvalue weighted by molar-refractivity contribution is -0.132. The number of ether oxygens (including phenoxy) is 1. The minimum atomic E-state index is -0.838. The van der Waals surface area contributed by atoms with E-state index in [-0.39, 0.29) is 11.3 Å². The SMILES string of the molecule is COc1cc(C)c(/C(O)=C2\C(=O)C(=O)N(c3nc4ccc(C)cc4s3)C2c2ccc(N(C)C)cc2)cc1C. The lowest BCUT2D eigenvalue weighted by atomic mass is 9.93. The van der Waals surface area contributed by atoms with Gasteiger partial charge in [-0.1, -0.05) is 29.5 Å². The van der Waals surface area contributed by atoms with E-state index in [1.807, 2.05) is 88.3 Å². The molecule has 1 fully saturated rings. The molecule has 4 aromatic rings. The summed E-state index contributed by atoms with van der Waals surface area (Å²) in [5.74, 6) is -0.993. The number of Topliss-reactive ketones (excluding diaryl/α,β-unsaturated/α-hetero) is 1. The summed E-state index contributed by atoms with van der Waals surface area (Å²) < 4.78 is 6.34. The number of amides is 1. The molecule has 1 aliphatic rings. The molecular formula is C30H29N3O4S. The van der Waals surface area contributed by atoms with E-state index in [1.54, 1.807) is 13.2 Å². The van der Waals surface area contributed by atoms with Crippen molar-refractivity contribution in [1.82, 2.24) is 4.98 Å². The average Bonchev–Trinajstić information content (AvgIpc) is 3.42. The Hall–Kier alpha value is -4.17. The van der Waals surface area contributed by atoms with E-state index in [1.165, 1.54) is 16.2 Å². The summed E-state index contributed by atoms with van der Waals surface area (Å²) in [4.78, 5) is 35.3. The molecule has 38 heavy (non-hydrogen) atoms. The molecule has 1 amide bonds. The van der Waals surface area contributed by atoms with Crippen molar-refractivity contribution in [3.8, 4) is 5.75 Å². The number of carbonyl (C=O) groups excluding carboxylic acids is 2. The molecular weight excluding hydrogens is 498 g/mol. The molecule has 1 aromatic heterocycles. The van der Waals surface area contributed by atoms with E-state index in [0.29, 0.717) is 22.0 Å². The van der Waals surface area contributed by atoms with Crippen LogP contribution in [0.2, 0.25) is 0 Å². The molecule has 0 aliphatic carbocycles. The minimum Gasteiger partial charge on any atom is -0.507 e. The van der Waals surface area contributed by atoms with E-state index in [9.17, 15) is 14.7 Å². The van der Waals surface area contributed by atoms with Gasteiger partial charge < -0.3 is 14.7 Å². The number of carbonyl (C=O) groups is 2. The van der Waals surface area contributed by atoms with Crippen molar-refractivity contribution in [3.05, 3.63) is 88.0 Å². The Labute approximate surface area is 225 Å². The van der Waals surface area contributed by atoms with Crippen LogP contribution >= 0.6 is 11.3 Å². The highest BCUT2D eigenvalue weighted by Gasteiger charge is 2.48. The van der Waals surface area contributed by atoms with Gasteiger partial charge in [-0.25, -0.2) is 4.98 Å². The van der Waals surface area contributed by atoms with Gasteiger partial charge in [-0.05, 0) is 79.4 Å². The number of benzene rings is 3. The van der Waals surface area contributed by atoms with Crippen molar-refractivity contribution in [3.63, 3.8) is 0 Å². The van der Waals surface area contributed by atoms with Crippen LogP contribution in [0.15, 0.2) is 60.2 Å². The number of thiazole rings is 1. The molecule has 5 rings (SSSR count). The van der Waals surface area contributed by atoms with Crippen LogP contribution in [0.5, 0.6) is 5.75 Å². The first kappa shape index (κ1) is 25.5. The Balaban J connectivity index is 1.74. The molecule has 194 valence electrons. The fourth-order valence-corrected chi connectivity index (χ4v) is 5.92. The molecule has 1 saturated heterocycles. The maximum absolute atomic E-state index is 13.6. The second-order valence-corrected chi connectivity index (χ2v) is 10.8. The molecule has 0 bridgehead atoms. The number of aliphatic hydroxyl groups excluding tert-OH is 1. The number of fused-ring (bicyclic) bond motifs is 1. The molecule has 8 heteroatoms. The van der Waals surface area contributed by atoms with Crippen LogP contribution in [0.3, 0.4) is 0 Å². The van der Waals surface area contributed by atoms with Gasteiger partial charge in [-0.15, -0.1) is 0 Å². The molecule has 1 atom stereocenters. The number of aromatic nitrogens is 1. The highest BCUT2D eigenvalue weighted by Crippen LogP contribution is 2.45. The number of anilines is 2. The van der Waals surface area contributed by atoms with E-state index in [2.05, 4.69) is 0 Å². The Bertz CT molecular complexity index is 1620. The van der Waals surface area contributed by atoms with Gasteiger partial charge in [0.15, 0.2) is 5.13 Å². The van der Waals surface area contributed by atoms with Crippen LogP contribution in [-0.2, 0) is 9.59 Å². The average molecular weight is 528 g/mol. The molecule has 3 aromatic carbocycles. The third-order valence-corrected chi connectivity index (χ3v) is 7.92. The number of methoxy groups -OCH3 is 1. The van der Waals surface area contributed by atoms with Crippen LogP contribution < -0.4 is 14.5 Å². The molecule has 1 unspecified atom stereocenters. The van der Waals surface area contributed by atoms with Gasteiger partial charge in [0.2, 0.25) is 0 Å². The van der Waals surface area contributed by atoms with Crippen LogP contribution in [0.25, 0.3) is 16.0 Å². The monoisotopic (exact) mass is 527 g/mol. The fourth-order valence-electron chi connectivity index (χ4n) is 4.83. The number of ketones is 1. The summed E-state index contributed by atoms with van der Waals surface area (Å²) in [7, 11) is 5.47. The Morgan fingerprint density at radius 3 is 2.37 bits per heavy atom. The topological polar surface area (TPSA) is 83.0 Å². The molecule has 0 saturated carbocycles. The predicted molar refractivity (Wildman–Crippen MR) is 152 cm³/mol. The van der Waals surface area contributed by atoms with Crippen LogP contribution in [0.1, 0.15) is 33.9 Å². The maximum atomic E-state index is 13.6. The summed E-state index contributed by atoms with van der Waals surface area (Å²) in [5, 5.41) is 12.0. The van der Waals surface area contributed by atoms with Crippen molar-refractivity contribution < 1.29 is 19.4 Å². The van der Waals surface area contributed by atoms with Crippen LogP contribution in [-0.4, -0.2) is 43.0 Å². The summed E-state index contributed by atoms with van der Waals surface area (Å²) >= 11 is 1.35. The second kappa shape index (κ2) is 9.61. The summed E-state index contributed by atoms with van der Waals surface area (Å²) in [6, 6.07) is 16.3. The van der Waals surface area contributed by atoms with E-state index in [4.69, 9.17) is 9.72 Å². The van der Waals surface area contributed by atoms with Crippen LogP contribution in [0.4, 0.5) is 10.8 Å². The van der Waals surface area contributed by atoms with E-state index < -0.39 is 17.7 Å². The van der Waals surface area contributed by atoms with Gasteiger partial charge in [0.05, 0.1) is 28.9 Å². The zero-order chi connectivity index (χ0) is 27.3. The summed E-state index contributed by atoms with van der Waals surface area (Å²) in [6.45, 7) is 5.70. The lowest BCUT2D eigenvalue weighted by Crippen LogP contribution is -2.29. The van der Waals surface area contributed by atoms with Crippen molar-refractivity contribution >= 4 is 49.8 Å². The molecule has 1 N–H and O–H groups in total. The normalized spacial score (nSPS) is 16.9. The van der Waals surface area contributed by atoms with E-state index >= 15 is 0 Å². The number of hydrogen-bond acceptors (Lipinski definition) is 7. The number of aliphatic hydroxyl groups is 1. The molecule has 1 aliphatic heterocycles. The van der Waals surface area contributed by atoms with E-state index in [0.717, 1.165) is 32.6 Å². The van der Waals surface area contributed by atoms with Crippen molar-refractivity contribution in [2.24, 2.45) is 0 Å². The Kier molecular flexibility index (Phi) is 6.44. The lowest BCUT2D eigenvalue weighted by Gasteiger charge is -2.24. The zero-order valence-electron chi connectivity index (χ0n) is 22.2. The van der Waals surface area contributed by atoms with Crippen molar-refractivity contribution in [2.45, 2.75) is 26.8 Å². The van der Waals surface area contributed by atoms with Crippen molar-refractivity contribution in [2.75, 3.05) is 31.0 Å². The largest absolute Gasteiger partial charge is 0.507 e.